The summed E-state index contributed by atoms with van der Waals surface area (Å²) in [5.74, 6) is 0.0359. The smallest absolute Gasteiger partial charge is 0.253 e. The normalized spacial score (nSPS) is 13.7. The fraction of sp³-hybridized carbons (Fsp3) is 0.588. The van der Waals surface area contributed by atoms with E-state index in [0.717, 1.165) is 56.7 Å². The Morgan fingerprint density at radius 1 is 1.33 bits per heavy atom. The Balaban J connectivity index is 1.92. The highest BCUT2D eigenvalue weighted by Gasteiger charge is 2.16. The minimum absolute atomic E-state index is 0.0359. The molecule has 0 unspecified atom stereocenters. The zero-order valence-electron chi connectivity index (χ0n) is 13.2. The highest BCUT2D eigenvalue weighted by molar-refractivity contribution is 6.00. The summed E-state index contributed by atoms with van der Waals surface area (Å²) < 4.78 is 0. The Morgan fingerprint density at radius 2 is 2.19 bits per heavy atom. The van der Waals surface area contributed by atoms with Crippen LogP contribution in [-0.4, -0.2) is 43.5 Å². The van der Waals surface area contributed by atoms with Crippen LogP contribution in [0.4, 0.5) is 5.69 Å². The number of hydrogen-bond acceptors (Lipinski definition) is 3. The van der Waals surface area contributed by atoms with Crippen LogP contribution in [0.1, 0.15) is 42.6 Å². The molecule has 1 aliphatic rings. The van der Waals surface area contributed by atoms with E-state index in [1.165, 1.54) is 5.56 Å². The van der Waals surface area contributed by atoms with Crippen molar-refractivity contribution >= 4 is 11.6 Å². The Bertz CT molecular complexity index is 473. The maximum absolute atomic E-state index is 12.4. The van der Waals surface area contributed by atoms with Crippen LogP contribution < -0.4 is 10.6 Å². The Labute approximate surface area is 127 Å². The quantitative estimate of drug-likeness (QED) is 0.810. The van der Waals surface area contributed by atoms with Crippen molar-refractivity contribution in [1.29, 1.82) is 0 Å². The Morgan fingerprint density at radius 3 is 2.95 bits per heavy atom. The molecule has 0 aromatic heterocycles. The second-order valence-electron chi connectivity index (χ2n) is 5.56. The number of anilines is 1. The van der Waals surface area contributed by atoms with Crippen molar-refractivity contribution in [2.24, 2.45) is 0 Å². The zero-order valence-corrected chi connectivity index (χ0v) is 13.2. The number of benzene rings is 1. The molecular weight excluding hydrogens is 262 g/mol. The standard InChI is InChI=1S/C17H27N3O/c1-3-12-20(4-2)13-11-19-17(21)15-9-5-7-14-8-6-10-18-16(14)15/h5,7,9,18H,3-4,6,8,10-13H2,1-2H3,(H,19,21). The lowest BCUT2D eigenvalue weighted by atomic mass is 9.99. The molecule has 116 valence electrons. The van der Waals surface area contributed by atoms with E-state index >= 15 is 0 Å². The van der Waals surface area contributed by atoms with Gasteiger partial charge in [-0.25, -0.2) is 0 Å². The Kier molecular flexibility index (Phi) is 6.05. The van der Waals surface area contributed by atoms with Crippen molar-refractivity contribution in [3.8, 4) is 0 Å². The molecule has 0 fully saturated rings. The molecule has 0 bridgehead atoms. The average molecular weight is 289 g/mol. The molecule has 1 aromatic rings. The largest absolute Gasteiger partial charge is 0.384 e. The number of carbonyl (C=O) groups is 1. The second-order valence-corrected chi connectivity index (χ2v) is 5.56. The molecule has 0 radical (unpaired) electrons. The molecule has 2 N–H and O–H groups in total. The van der Waals surface area contributed by atoms with Gasteiger partial charge in [-0.1, -0.05) is 26.0 Å². The van der Waals surface area contributed by atoms with E-state index in [2.05, 4.69) is 35.4 Å². The van der Waals surface area contributed by atoms with Gasteiger partial charge in [0.2, 0.25) is 0 Å². The minimum Gasteiger partial charge on any atom is -0.384 e. The molecule has 0 spiro atoms. The maximum atomic E-state index is 12.4. The highest BCUT2D eigenvalue weighted by atomic mass is 16.1. The van der Waals surface area contributed by atoms with E-state index in [4.69, 9.17) is 0 Å². The van der Waals surface area contributed by atoms with Gasteiger partial charge in [0.25, 0.3) is 5.91 Å². The van der Waals surface area contributed by atoms with E-state index in [0.29, 0.717) is 6.54 Å². The fourth-order valence-electron chi connectivity index (χ4n) is 2.87. The fourth-order valence-corrected chi connectivity index (χ4v) is 2.87. The van der Waals surface area contributed by atoms with Crippen LogP contribution in [0.25, 0.3) is 0 Å². The van der Waals surface area contributed by atoms with Crippen molar-refractivity contribution in [1.82, 2.24) is 10.2 Å². The molecular formula is C17H27N3O. The van der Waals surface area contributed by atoms with Crippen molar-refractivity contribution < 1.29 is 4.79 Å². The topological polar surface area (TPSA) is 44.4 Å². The summed E-state index contributed by atoms with van der Waals surface area (Å²) in [4.78, 5) is 14.7. The van der Waals surface area contributed by atoms with Gasteiger partial charge in [-0.2, -0.15) is 0 Å². The number of fused-ring (bicyclic) bond motifs is 1. The van der Waals surface area contributed by atoms with Crippen LogP contribution in [-0.2, 0) is 6.42 Å². The van der Waals surface area contributed by atoms with Crippen molar-refractivity contribution in [2.75, 3.05) is 38.0 Å². The summed E-state index contributed by atoms with van der Waals surface area (Å²) in [5, 5.41) is 6.42. The molecule has 21 heavy (non-hydrogen) atoms. The first-order valence-electron chi connectivity index (χ1n) is 8.12. The van der Waals surface area contributed by atoms with Crippen molar-refractivity contribution in [3.63, 3.8) is 0 Å². The Hall–Kier alpha value is -1.55. The van der Waals surface area contributed by atoms with Crippen LogP contribution in [0.2, 0.25) is 0 Å². The molecule has 0 saturated carbocycles. The summed E-state index contributed by atoms with van der Waals surface area (Å²) in [7, 11) is 0. The van der Waals surface area contributed by atoms with E-state index < -0.39 is 0 Å². The second kappa shape index (κ2) is 8.03. The maximum Gasteiger partial charge on any atom is 0.253 e. The van der Waals surface area contributed by atoms with Gasteiger partial charge in [-0.3, -0.25) is 4.79 Å². The van der Waals surface area contributed by atoms with E-state index in [1.807, 2.05) is 12.1 Å². The monoisotopic (exact) mass is 289 g/mol. The number of para-hydroxylation sites is 1. The van der Waals surface area contributed by atoms with Crippen LogP contribution in [0.3, 0.4) is 0 Å². The predicted octanol–water partition coefficient (Wildman–Crippen LogP) is 2.51. The first kappa shape index (κ1) is 15.8. The number of likely N-dealkylation sites (N-methyl/N-ethyl adjacent to an activating group) is 1. The highest BCUT2D eigenvalue weighted by Crippen LogP contribution is 2.25. The van der Waals surface area contributed by atoms with Gasteiger partial charge in [0.15, 0.2) is 0 Å². The summed E-state index contributed by atoms with van der Waals surface area (Å²) in [6.45, 7) is 9.05. The number of aryl methyl sites for hydroxylation is 1. The third-order valence-corrected chi connectivity index (χ3v) is 4.02. The average Bonchev–Trinajstić information content (AvgIpc) is 2.53. The number of amides is 1. The van der Waals surface area contributed by atoms with E-state index in [9.17, 15) is 4.79 Å². The van der Waals surface area contributed by atoms with Gasteiger partial charge < -0.3 is 15.5 Å². The number of hydrogen-bond donors (Lipinski definition) is 2. The molecule has 0 saturated heterocycles. The summed E-state index contributed by atoms with van der Waals surface area (Å²) in [6.07, 6.45) is 3.35. The molecule has 1 heterocycles. The van der Waals surface area contributed by atoms with Crippen molar-refractivity contribution in [2.45, 2.75) is 33.1 Å². The number of nitrogens with zero attached hydrogens (tertiary/aromatic N) is 1. The predicted molar refractivity (Wildman–Crippen MR) is 88.0 cm³/mol. The SMILES string of the molecule is CCCN(CC)CCNC(=O)c1cccc2c1NCCC2. The molecule has 0 aliphatic carbocycles. The van der Waals surface area contributed by atoms with Crippen LogP contribution >= 0.6 is 0 Å². The number of carbonyl (C=O) groups excluding carboxylic acids is 1. The summed E-state index contributed by atoms with van der Waals surface area (Å²) in [6, 6.07) is 6.00. The van der Waals surface area contributed by atoms with Crippen molar-refractivity contribution in [3.05, 3.63) is 29.3 Å². The number of rotatable bonds is 7. The van der Waals surface area contributed by atoms with Crippen LogP contribution in [0.5, 0.6) is 0 Å². The van der Waals surface area contributed by atoms with Crippen LogP contribution in [0, 0.1) is 0 Å². The first-order valence-corrected chi connectivity index (χ1v) is 8.12. The molecule has 1 aromatic carbocycles. The molecule has 1 aliphatic heterocycles. The molecule has 2 rings (SSSR count). The van der Waals surface area contributed by atoms with E-state index in [1.54, 1.807) is 0 Å². The summed E-state index contributed by atoms with van der Waals surface area (Å²) in [5.41, 5.74) is 3.07. The lowest BCUT2D eigenvalue weighted by Gasteiger charge is -2.22. The van der Waals surface area contributed by atoms with E-state index in [-0.39, 0.29) is 5.91 Å². The zero-order chi connectivity index (χ0) is 15.1. The van der Waals surface area contributed by atoms with Gasteiger partial charge in [0.05, 0.1) is 11.3 Å². The van der Waals surface area contributed by atoms with Gasteiger partial charge >= 0.3 is 0 Å². The van der Waals surface area contributed by atoms with Gasteiger partial charge in [0, 0.05) is 19.6 Å². The van der Waals surface area contributed by atoms with Crippen LogP contribution in [0.15, 0.2) is 18.2 Å². The van der Waals surface area contributed by atoms with Gasteiger partial charge in [0.1, 0.15) is 0 Å². The van der Waals surface area contributed by atoms with Gasteiger partial charge in [-0.15, -0.1) is 0 Å². The third-order valence-electron chi connectivity index (χ3n) is 4.02. The van der Waals surface area contributed by atoms with Gasteiger partial charge in [-0.05, 0) is 44.0 Å². The lowest BCUT2D eigenvalue weighted by molar-refractivity contribution is 0.0949. The molecule has 4 nitrogen and oxygen atoms in total. The first-order chi connectivity index (χ1) is 10.3. The number of nitrogens with one attached hydrogen (secondary N) is 2. The molecule has 0 atom stereocenters. The molecule has 4 heteroatoms. The summed E-state index contributed by atoms with van der Waals surface area (Å²) >= 11 is 0. The minimum atomic E-state index is 0.0359. The molecule has 1 amide bonds. The lowest BCUT2D eigenvalue weighted by Crippen LogP contribution is -2.35. The third kappa shape index (κ3) is 4.21.